The molecule has 1 saturated heterocycles. The molecular formula is C10H14N2O2S. The summed E-state index contributed by atoms with van der Waals surface area (Å²) in [5, 5.41) is 3.23. The van der Waals surface area contributed by atoms with Crippen molar-refractivity contribution in [1.29, 1.82) is 0 Å². The Balaban J connectivity index is 1.85. The average Bonchev–Trinajstić information content (AvgIpc) is 2.57. The number of nitrogens with zero attached hydrogens (tertiary/aromatic N) is 1. The zero-order valence-electron chi connectivity index (χ0n) is 8.39. The van der Waals surface area contributed by atoms with Crippen LogP contribution in [-0.2, 0) is 16.4 Å². The predicted molar refractivity (Wildman–Crippen MR) is 58.1 cm³/mol. The molecule has 1 aromatic heterocycles. The number of hydrogen-bond acceptors (Lipinski definition) is 4. The summed E-state index contributed by atoms with van der Waals surface area (Å²) in [6, 6.07) is 3.96. The molecule has 0 unspecified atom stereocenters. The molecule has 5 heteroatoms. The smallest absolute Gasteiger partial charge is 0.151 e. The molecule has 1 N–H and O–H groups in total. The molecule has 0 aromatic carbocycles. The second kappa shape index (κ2) is 4.28. The fourth-order valence-electron chi connectivity index (χ4n) is 1.72. The normalized spacial score (nSPS) is 24.1. The molecule has 0 spiro atoms. The highest BCUT2D eigenvalue weighted by molar-refractivity contribution is 7.91. The lowest BCUT2D eigenvalue weighted by Crippen LogP contribution is -2.29. The zero-order valence-corrected chi connectivity index (χ0v) is 9.20. The third kappa shape index (κ3) is 3.00. The van der Waals surface area contributed by atoms with Crippen LogP contribution in [0.25, 0.3) is 0 Å². The topological polar surface area (TPSA) is 59.1 Å². The van der Waals surface area contributed by atoms with Gasteiger partial charge in [0.05, 0.1) is 11.5 Å². The van der Waals surface area contributed by atoms with Gasteiger partial charge in [-0.1, -0.05) is 6.07 Å². The number of nitrogens with one attached hydrogen (secondary N) is 1. The summed E-state index contributed by atoms with van der Waals surface area (Å²) >= 11 is 0. The molecule has 1 atom stereocenters. The fourth-order valence-corrected chi connectivity index (χ4v) is 3.43. The molecule has 0 amide bonds. The van der Waals surface area contributed by atoms with E-state index < -0.39 is 9.84 Å². The monoisotopic (exact) mass is 226 g/mol. The van der Waals surface area contributed by atoms with E-state index in [1.807, 2.05) is 12.1 Å². The molecule has 82 valence electrons. The molecule has 15 heavy (non-hydrogen) atoms. The highest BCUT2D eigenvalue weighted by Crippen LogP contribution is 2.11. The molecule has 4 nitrogen and oxygen atoms in total. The highest BCUT2D eigenvalue weighted by atomic mass is 32.2. The largest absolute Gasteiger partial charge is 0.309 e. The summed E-state index contributed by atoms with van der Waals surface area (Å²) in [6.07, 6.45) is 4.24. The number of rotatable bonds is 3. The van der Waals surface area contributed by atoms with E-state index in [1.165, 1.54) is 0 Å². The SMILES string of the molecule is O=S1(=O)CC[C@@H](NCc2cccnc2)C1. The van der Waals surface area contributed by atoms with Gasteiger partial charge in [0, 0.05) is 25.0 Å². The van der Waals surface area contributed by atoms with E-state index in [0.717, 1.165) is 12.0 Å². The first-order chi connectivity index (χ1) is 7.16. The van der Waals surface area contributed by atoms with Gasteiger partial charge in [-0.2, -0.15) is 0 Å². The fraction of sp³-hybridized carbons (Fsp3) is 0.500. The Morgan fingerprint density at radius 1 is 1.53 bits per heavy atom. The third-order valence-electron chi connectivity index (χ3n) is 2.55. The maximum Gasteiger partial charge on any atom is 0.151 e. The standard InChI is InChI=1S/C10H14N2O2S/c13-15(14)5-3-10(8-15)12-7-9-2-1-4-11-6-9/h1-2,4,6,10,12H,3,5,7-8H2/t10-/m1/s1. The summed E-state index contributed by atoms with van der Waals surface area (Å²) in [7, 11) is -2.78. The van der Waals surface area contributed by atoms with Crippen molar-refractivity contribution < 1.29 is 8.42 Å². The minimum absolute atomic E-state index is 0.107. The first-order valence-corrected chi connectivity index (χ1v) is 6.80. The number of pyridine rings is 1. The molecule has 1 aliphatic heterocycles. The molecule has 0 bridgehead atoms. The van der Waals surface area contributed by atoms with E-state index in [-0.39, 0.29) is 11.8 Å². The van der Waals surface area contributed by atoms with Crippen molar-refractivity contribution in [3.05, 3.63) is 30.1 Å². The quantitative estimate of drug-likeness (QED) is 0.808. The van der Waals surface area contributed by atoms with Gasteiger partial charge in [0.25, 0.3) is 0 Å². The molecule has 1 aliphatic rings. The predicted octanol–water partition coefficient (Wildman–Crippen LogP) is 0.358. The van der Waals surface area contributed by atoms with Crippen molar-refractivity contribution in [2.45, 2.75) is 19.0 Å². The summed E-state index contributed by atoms with van der Waals surface area (Å²) in [4.78, 5) is 4.00. The van der Waals surface area contributed by atoms with Gasteiger partial charge in [-0.3, -0.25) is 4.98 Å². The summed E-state index contributed by atoms with van der Waals surface area (Å²) in [5.74, 6) is 0.588. The number of sulfone groups is 1. The van der Waals surface area contributed by atoms with Crippen LogP contribution in [0.5, 0.6) is 0 Å². The van der Waals surface area contributed by atoms with Crippen molar-refractivity contribution in [3.63, 3.8) is 0 Å². The van der Waals surface area contributed by atoms with Crippen molar-refractivity contribution in [1.82, 2.24) is 10.3 Å². The number of hydrogen-bond donors (Lipinski definition) is 1. The molecule has 2 heterocycles. The molecule has 0 saturated carbocycles. The Labute approximate surface area is 89.6 Å². The van der Waals surface area contributed by atoms with Crippen LogP contribution < -0.4 is 5.32 Å². The van der Waals surface area contributed by atoms with Crippen LogP contribution in [0.2, 0.25) is 0 Å². The van der Waals surface area contributed by atoms with E-state index >= 15 is 0 Å². The minimum atomic E-state index is -2.78. The molecule has 2 rings (SSSR count). The van der Waals surface area contributed by atoms with E-state index in [4.69, 9.17) is 0 Å². The van der Waals surface area contributed by atoms with Crippen LogP contribution in [0.4, 0.5) is 0 Å². The summed E-state index contributed by atoms with van der Waals surface area (Å²) in [5.41, 5.74) is 1.08. The zero-order chi connectivity index (χ0) is 10.7. The molecular weight excluding hydrogens is 212 g/mol. The van der Waals surface area contributed by atoms with Crippen molar-refractivity contribution in [3.8, 4) is 0 Å². The van der Waals surface area contributed by atoms with Crippen LogP contribution in [0.15, 0.2) is 24.5 Å². The van der Waals surface area contributed by atoms with Crippen LogP contribution in [0.3, 0.4) is 0 Å². The molecule has 0 radical (unpaired) electrons. The number of aromatic nitrogens is 1. The Kier molecular flexibility index (Phi) is 3.02. The van der Waals surface area contributed by atoms with E-state index in [2.05, 4.69) is 10.3 Å². The van der Waals surface area contributed by atoms with E-state index in [9.17, 15) is 8.42 Å². The second-order valence-electron chi connectivity index (χ2n) is 3.84. The lowest BCUT2D eigenvalue weighted by atomic mass is 10.2. The van der Waals surface area contributed by atoms with Crippen molar-refractivity contribution >= 4 is 9.84 Å². The first-order valence-electron chi connectivity index (χ1n) is 4.98. The Hall–Kier alpha value is -0.940. The minimum Gasteiger partial charge on any atom is -0.309 e. The van der Waals surface area contributed by atoms with Gasteiger partial charge < -0.3 is 5.32 Å². The average molecular weight is 226 g/mol. The van der Waals surface area contributed by atoms with Crippen LogP contribution in [-0.4, -0.2) is 30.9 Å². The first kappa shape index (κ1) is 10.6. The lowest BCUT2D eigenvalue weighted by molar-refractivity contribution is 0.553. The Morgan fingerprint density at radius 3 is 3.00 bits per heavy atom. The summed E-state index contributed by atoms with van der Waals surface area (Å²) in [6.45, 7) is 0.689. The van der Waals surface area contributed by atoms with Gasteiger partial charge in [0.1, 0.15) is 0 Å². The van der Waals surface area contributed by atoms with Crippen molar-refractivity contribution in [2.24, 2.45) is 0 Å². The molecule has 1 aromatic rings. The van der Waals surface area contributed by atoms with Gasteiger partial charge in [-0.25, -0.2) is 8.42 Å². The third-order valence-corrected chi connectivity index (χ3v) is 4.32. The van der Waals surface area contributed by atoms with Crippen LogP contribution >= 0.6 is 0 Å². The van der Waals surface area contributed by atoms with Gasteiger partial charge >= 0.3 is 0 Å². The summed E-state index contributed by atoms with van der Waals surface area (Å²) < 4.78 is 22.4. The van der Waals surface area contributed by atoms with Gasteiger partial charge in [0.15, 0.2) is 9.84 Å². The van der Waals surface area contributed by atoms with Gasteiger partial charge in [-0.05, 0) is 18.1 Å². The second-order valence-corrected chi connectivity index (χ2v) is 6.07. The van der Waals surface area contributed by atoms with Crippen LogP contribution in [0, 0.1) is 0 Å². The van der Waals surface area contributed by atoms with Gasteiger partial charge in [0.2, 0.25) is 0 Å². The maximum atomic E-state index is 11.2. The lowest BCUT2D eigenvalue weighted by Gasteiger charge is -2.09. The Morgan fingerprint density at radius 2 is 2.40 bits per heavy atom. The van der Waals surface area contributed by atoms with E-state index in [1.54, 1.807) is 12.4 Å². The maximum absolute atomic E-state index is 11.2. The molecule has 0 aliphatic carbocycles. The van der Waals surface area contributed by atoms with Crippen LogP contribution in [0.1, 0.15) is 12.0 Å². The molecule has 1 fully saturated rings. The van der Waals surface area contributed by atoms with Crippen molar-refractivity contribution in [2.75, 3.05) is 11.5 Å². The highest BCUT2D eigenvalue weighted by Gasteiger charge is 2.27. The Bertz CT molecular complexity index is 416. The van der Waals surface area contributed by atoms with E-state index in [0.29, 0.717) is 12.3 Å². The van der Waals surface area contributed by atoms with Gasteiger partial charge in [-0.15, -0.1) is 0 Å².